The van der Waals surface area contributed by atoms with Crippen molar-refractivity contribution < 1.29 is 19.4 Å². The number of methoxy groups -OCH3 is 1. The lowest BCUT2D eigenvalue weighted by molar-refractivity contribution is -0.141. The van der Waals surface area contributed by atoms with Crippen molar-refractivity contribution in [1.82, 2.24) is 0 Å². The Balaban J connectivity index is 3.80. The lowest BCUT2D eigenvalue weighted by atomic mass is 9.97. The van der Waals surface area contributed by atoms with E-state index in [0.29, 0.717) is 0 Å². The quantitative estimate of drug-likeness (QED) is 0.639. The smallest absolute Gasteiger partial charge is 0.305 e. The van der Waals surface area contributed by atoms with E-state index in [4.69, 9.17) is 0 Å². The minimum Gasteiger partial charge on any atom is -0.469 e. The first-order chi connectivity index (χ1) is 5.99. The highest BCUT2D eigenvalue weighted by Gasteiger charge is 2.19. The first-order valence-electron chi connectivity index (χ1n) is 4.24. The SMILES string of the molecule is COC(=O)CC[C@@H](O)[C@H](C)C(C)=O. The van der Waals surface area contributed by atoms with Crippen LogP contribution in [0.15, 0.2) is 0 Å². The fraction of sp³-hybridized carbons (Fsp3) is 0.778. The Hall–Kier alpha value is -0.900. The van der Waals surface area contributed by atoms with Crippen molar-refractivity contribution in [3.63, 3.8) is 0 Å². The maximum Gasteiger partial charge on any atom is 0.305 e. The average molecular weight is 188 g/mol. The number of aliphatic hydroxyl groups excluding tert-OH is 1. The van der Waals surface area contributed by atoms with Crippen LogP contribution in [0.1, 0.15) is 26.7 Å². The number of carbonyl (C=O) groups excluding carboxylic acids is 2. The zero-order chi connectivity index (χ0) is 10.4. The lowest BCUT2D eigenvalue weighted by Crippen LogP contribution is -2.24. The van der Waals surface area contributed by atoms with Crippen molar-refractivity contribution in [2.45, 2.75) is 32.8 Å². The monoisotopic (exact) mass is 188 g/mol. The number of hydrogen-bond donors (Lipinski definition) is 1. The third-order valence-electron chi connectivity index (χ3n) is 2.09. The Kier molecular flexibility index (Phi) is 5.30. The molecule has 0 aliphatic heterocycles. The second kappa shape index (κ2) is 5.70. The number of rotatable bonds is 5. The van der Waals surface area contributed by atoms with Crippen LogP contribution in [-0.4, -0.2) is 30.1 Å². The lowest BCUT2D eigenvalue weighted by Gasteiger charge is -2.14. The Morgan fingerprint density at radius 2 is 2.00 bits per heavy atom. The van der Waals surface area contributed by atoms with Gasteiger partial charge in [-0.2, -0.15) is 0 Å². The molecule has 0 aromatic rings. The highest BCUT2D eigenvalue weighted by molar-refractivity contribution is 5.78. The standard InChI is InChI=1S/C9H16O4/c1-6(7(2)10)8(11)4-5-9(12)13-3/h6,8,11H,4-5H2,1-3H3/t6-,8-/m1/s1. The van der Waals surface area contributed by atoms with Gasteiger partial charge in [0.05, 0.1) is 13.2 Å². The third kappa shape index (κ3) is 4.62. The van der Waals surface area contributed by atoms with Gasteiger partial charge < -0.3 is 9.84 Å². The molecule has 4 heteroatoms. The molecule has 0 aromatic heterocycles. The summed E-state index contributed by atoms with van der Waals surface area (Å²) in [5.41, 5.74) is 0. The molecule has 0 aromatic carbocycles. The number of aliphatic hydroxyl groups is 1. The first kappa shape index (κ1) is 12.1. The first-order valence-corrected chi connectivity index (χ1v) is 4.24. The molecule has 0 fully saturated rings. The van der Waals surface area contributed by atoms with Gasteiger partial charge in [0.1, 0.15) is 5.78 Å². The van der Waals surface area contributed by atoms with Gasteiger partial charge in [-0.25, -0.2) is 0 Å². The van der Waals surface area contributed by atoms with E-state index in [1.807, 2.05) is 0 Å². The summed E-state index contributed by atoms with van der Waals surface area (Å²) >= 11 is 0. The average Bonchev–Trinajstić information content (AvgIpc) is 2.11. The van der Waals surface area contributed by atoms with Gasteiger partial charge in [-0.05, 0) is 13.3 Å². The fourth-order valence-corrected chi connectivity index (χ4v) is 0.889. The molecular weight excluding hydrogens is 172 g/mol. The summed E-state index contributed by atoms with van der Waals surface area (Å²) in [4.78, 5) is 21.5. The van der Waals surface area contributed by atoms with Crippen LogP contribution in [0.5, 0.6) is 0 Å². The minimum atomic E-state index is -0.753. The van der Waals surface area contributed by atoms with Crippen LogP contribution in [-0.2, 0) is 14.3 Å². The molecule has 0 aliphatic carbocycles. The summed E-state index contributed by atoms with van der Waals surface area (Å²) in [6, 6.07) is 0. The van der Waals surface area contributed by atoms with Crippen LogP contribution in [0.25, 0.3) is 0 Å². The Morgan fingerprint density at radius 1 is 1.46 bits per heavy atom. The second-order valence-electron chi connectivity index (χ2n) is 3.08. The molecule has 0 bridgehead atoms. The maximum atomic E-state index is 10.8. The molecule has 4 nitrogen and oxygen atoms in total. The molecule has 0 radical (unpaired) electrons. The molecule has 1 N–H and O–H groups in total. The predicted octanol–water partition coefficient (Wildman–Crippen LogP) is 0.526. The van der Waals surface area contributed by atoms with E-state index in [0.717, 1.165) is 0 Å². The zero-order valence-corrected chi connectivity index (χ0v) is 8.24. The molecule has 0 saturated heterocycles. The third-order valence-corrected chi connectivity index (χ3v) is 2.09. The van der Waals surface area contributed by atoms with Gasteiger partial charge >= 0.3 is 5.97 Å². The van der Waals surface area contributed by atoms with Crippen molar-refractivity contribution >= 4 is 11.8 Å². The van der Waals surface area contributed by atoms with Crippen molar-refractivity contribution in [3.05, 3.63) is 0 Å². The van der Waals surface area contributed by atoms with Gasteiger partial charge in [-0.15, -0.1) is 0 Å². The molecule has 0 aliphatic rings. The van der Waals surface area contributed by atoms with Crippen molar-refractivity contribution in [1.29, 1.82) is 0 Å². The van der Waals surface area contributed by atoms with Crippen LogP contribution in [0.4, 0.5) is 0 Å². The molecular formula is C9H16O4. The van der Waals surface area contributed by atoms with Crippen LogP contribution in [0, 0.1) is 5.92 Å². The highest BCUT2D eigenvalue weighted by Crippen LogP contribution is 2.10. The molecule has 76 valence electrons. The minimum absolute atomic E-state index is 0.0719. The van der Waals surface area contributed by atoms with E-state index in [1.165, 1.54) is 14.0 Å². The topological polar surface area (TPSA) is 63.6 Å². The van der Waals surface area contributed by atoms with Crippen LogP contribution < -0.4 is 0 Å². The van der Waals surface area contributed by atoms with Crippen molar-refractivity contribution in [3.8, 4) is 0 Å². The number of ether oxygens (including phenoxy) is 1. The molecule has 13 heavy (non-hydrogen) atoms. The molecule has 0 rings (SSSR count). The van der Waals surface area contributed by atoms with E-state index in [9.17, 15) is 14.7 Å². The van der Waals surface area contributed by atoms with E-state index < -0.39 is 12.0 Å². The van der Waals surface area contributed by atoms with Gasteiger partial charge in [-0.3, -0.25) is 9.59 Å². The summed E-state index contributed by atoms with van der Waals surface area (Å²) < 4.78 is 4.41. The molecule has 2 atom stereocenters. The number of Topliss-reactive ketones (excluding diaryl/α,β-unsaturated/α-hetero) is 1. The molecule has 0 unspecified atom stereocenters. The van der Waals surface area contributed by atoms with Gasteiger partial charge in [-0.1, -0.05) is 6.92 Å². The Bertz CT molecular complexity index is 188. The number of esters is 1. The summed E-state index contributed by atoms with van der Waals surface area (Å²) in [6.45, 7) is 3.07. The van der Waals surface area contributed by atoms with Gasteiger partial charge in [0.15, 0.2) is 0 Å². The summed E-state index contributed by atoms with van der Waals surface area (Å²) in [5, 5.41) is 9.40. The predicted molar refractivity (Wildman–Crippen MR) is 47.1 cm³/mol. The van der Waals surface area contributed by atoms with Gasteiger partial charge in [0.25, 0.3) is 0 Å². The van der Waals surface area contributed by atoms with E-state index >= 15 is 0 Å². The summed E-state index contributed by atoms with van der Waals surface area (Å²) in [5.74, 6) is -0.850. The van der Waals surface area contributed by atoms with Gasteiger partial charge in [0, 0.05) is 12.3 Å². The highest BCUT2D eigenvalue weighted by atomic mass is 16.5. The van der Waals surface area contributed by atoms with E-state index in [2.05, 4.69) is 4.74 Å². The molecule has 0 amide bonds. The number of carbonyl (C=O) groups is 2. The number of hydrogen-bond acceptors (Lipinski definition) is 4. The number of ketones is 1. The normalized spacial score (nSPS) is 14.8. The van der Waals surface area contributed by atoms with Crippen LogP contribution in [0.2, 0.25) is 0 Å². The van der Waals surface area contributed by atoms with Gasteiger partial charge in [0.2, 0.25) is 0 Å². The van der Waals surface area contributed by atoms with Crippen LogP contribution >= 0.6 is 0 Å². The molecule has 0 saturated carbocycles. The second-order valence-corrected chi connectivity index (χ2v) is 3.08. The van der Waals surface area contributed by atoms with E-state index in [-0.39, 0.29) is 24.6 Å². The Labute approximate surface area is 77.9 Å². The molecule has 0 heterocycles. The van der Waals surface area contributed by atoms with Crippen LogP contribution in [0.3, 0.4) is 0 Å². The Morgan fingerprint density at radius 3 is 2.38 bits per heavy atom. The van der Waals surface area contributed by atoms with E-state index in [1.54, 1.807) is 6.92 Å². The summed E-state index contributed by atoms with van der Waals surface area (Å²) in [7, 11) is 1.29. The zero-order valence-electron chi connectivity index (χ0n) is 8.24. The fourth-order valence-electron chi connectivity index (χ4n) is 0.889. The molecule has 0 spiro atoms. The van der Waals surface area contributed by atoms with Crippen molar-refractivity contribution in [2.75, 3.05) is 7.11 Å². The maximum absolute atomic E-state index is 10.8. The largest absolute Gasteiger partial charge is 0.469 e. The van der Waals surface area contributed by atoms with Crippen molar-refractivity contribution in [2.24, 2.45) is 5.92 Å². The summed E-state index contributed by atoms with van der Waals surface area (Å²) in [6.07, 6.45) is -0.334.